The van der Waals surface area contributed by atoms with E-state index in [9.17, 15) is 4.79 Å². The van der Waals surface area contributed by atoms with E-state index < -0.39 is 0 Å². The van der Waals surface area contributed by atoms with Crippen LogP contribution in [0.5, 0.6) is 5.75 Å². The van der Waals surface area contributed by atoms with Gasteiger partial charge in [-0.1, -0.05) is 35.5 Å². The van der Waals surface area contributed by atoms with Gasteiger partial charge < -0.3 is 14.0 Å². The fourth-order valence-electron chi connectivity index (χ4n) is 2.48. The molecule has 0 radical (unpaired) electrons. The highest BCUT2D eigenvalue weighted by molar-refractivity contribution is 6.00. The Morgan fingerprint density at radius 2 is 2.08 bits per heavy atom. The molecule has 0 aliphatic carbocycles. The van der Waals surface area contributed by atoms with Crippen molar-refractivity contribution >= 4 is 17.1 Å². The van der Waals surface area contributed by atoms with Gasteiger partial charge in [0.05, 0.1) is 5.56 Å². The second-order valence-corrected chi connectivity index (χ2v) is 5.25. The van der Waals surface area contributed by atoms with Gasteiger partial charge in [0.25, 0.3) is 5.89 Å². The summed E-state index contributed by atoms with van der Waals surface area (Å²) in [6, 6.07) is 11.3. The van der Waals surface area contributed by atoms with E-state index in [2.05, 4.69) is 10.1 Å². The normalized spacial score (nSPS) is 12.2. The van der Waals surface area contributed by atoms with Gasteiger partial charge in [-0.05, 0) is 30.7 Å². The van der Waals surface area contributed by atoms with Crippen LogP contribution in [-0.4, -0.2) is 23.0 Å². The van der Waals surface area contributed by atoms with Crippen molar-refractivity contribution in [3.8, 4) is 5.75 Å². The number of aldehydes is 1. The summed E-state index contributed by atoms with van der Waals surface area (Å²) in [5, 5.41) is 5.71. The van der Waals surface area contributed by atoms with Crippen LogP contribution in [0.25, 0.3) is 10.8 Å². The summed E-state index contributed by atoms with van der Waals surface area (Å²) in [5.41, 5.74) is 0.510. The Balaban J connectivity index is 1.77. The van der Waals surface area contributed by atoms with E-state index in [0.717, 1.165) is 17.1 Å². The van der Waals surface area contributed by atoms with Crippen molar-refractivity contribution in [3.05, 3.63) is 53.7 Å². The molecule has 0 aliphatic rings. The maximum atomic E-state index is 11.5. The second kappa shape index (κ2) is 7.23. The van der Waals surface area contributed by atoms with Crippen molar-refractivity contribution in [1.29, 1.82) is 0 Å². The smallest absolute Gasteiger partial charge is 0.264 e. The minimum atomic E-state index is -0.237. The van der Waals surface area contributed by atoms with Crippen LogP contribution in [0.4, 0.5) is 0 Å². The number of ether oxygens (including phenoxy) is 2. The Labute approximate surface area is 139 Å². The molecular weight excluding hydrogens is 308 g/mol. The first kappa shape index (κ1) is 16.1. The van der Waals surface area contributed by atoms with E-state index in [-0.39, 0.29) is 12.7 Å². The Kier molecular flexibility index (Phi) is 4.86. The molecular formula is C18H18N2O4. The fourth-order valence-corrected chi connectivity index (χ4v) is 2.48. The van der Waals surface area contributed by atoms with Crippen molar-refractivity contribution in [1.82, 2.24) is 10.1 Å². The SMILES string of the molecule is CCOC(C)c1noc(COc2ccc3ccccc3c2C=O)n1. The lowest BCUT2D eigenvalue weighted by Crippen LogP contribution is -2.03. The molecule has 0 aliphatic heterocycles. The quantitative estimate of drug-likeness (QED) is 0.616. The average Bonchev–Trinajstić information content (AvgIpc) is 3.08. The zero-order valence-corrected chi connectivity index (χ0v) is 13.6. The molecule has 2 aromatic carbocycles. The van der Waals surface area contributed by atoms with Crippen molar-refractivity contribution in [2.24, 2.45) is 0 Å². The van der Waals surface area contributed by atoms with Crippen LogP contribution in [0.3, 0.4) is 0 Å². The van der Waals surface area contributed by atoms with Crippen LogP contribution in [0.15, 0.2) is 40.9 Å². The number of carbonyl (C=O) groups is 1. The van der Waals surface area contributed by atoms with Crippen LogP contribution in [-0.2, 0) is 11.3 Å². The van der Waals surface area contributed by atoms with Gasteiger partial charge in [0.15, 0.2) is 18.7 Å². The number of hydrogen-bond acceptors (Lipinski definition) is 6. The molecule has 0 saturated heterocycles. The lowest BCUT2D eigenvalue weighted by Gasteiger charge is -2.09. The number of hydrogen-bond donors (Lipinski definition) is 0. The molecule has 3 rings (SSSR count). The van der Waals surface area contributed by atoms with E-state index in [1.54, 1.807) is 6.07 Å². The van der Waals surface area contributed by atoms with Gasteiger partial charge in [0.1, 0.15) is 11.9 Å². The summed E-state index contributed by atoms with van der Waals surface area (Å²) in [4.78, 5) is 15.7. The summed E-state index contributed by atoms with van der Waals surface area (Å²) < 4.78 is 16.3. The number of nitrogens with zero attached hydrogens (tertiary/aromatic N) is 2. The van der Waals surface area contributed by atoms with E-state index in [0.29, 0.717) is 29.6 Å². The molecule has 6 heteroatoms. The van der Waals surface area contributed by atoms with Crippen molar-refractivity contribution < 1.29 is 18.8 Å². The Bertz CT molecular complexity index is 844. The Morgan fingerprint density at radius 3 is 2.88 bits per heavy atom. The highest BCUT2D eigenvalue weighted by atomic mass is 16.5. The molecule has 6 nitrogen and oxygen atoms in total. The molecule has 124 valence electrons. The highest BCUT2D eigenvalue weighted by Crippen LogP contribution is 2.27. The monoisotopic (exact) mass is 326 g/mol. The second-order valence-electron chi connectivity index (χ2n) is 5.25. The van der Waals surface area contributed by atoms with Crippen molar-refractivity contribution in [2.75, 3.05) is 6.61 Å². The van der Waals surface area contributed by atoms with Gasteiger partial charge in [-0.2, -0.15) is 4.98 Å². The summed E-state index contributed by atoms with van der Waals surface area (Å²) in [5.74, 6) is 1.30. The van der Waals surface area contributed by atoms with Gasteiger partial charge in [-0.25, -0.2) is 0 Å². The molecule has 0 spiro atoms. The third-order valence-electron chi connectivity index (χ3n) is 3.66. The zero-order valence-electron chi connectivity index (χ0n) is 13.6. The third-order valence-corrected chi connectivity index (χ3v) is 3.66. The van der Waals surface area contributed by atoms with Gasteiger partial charge >= 0.3 is 0 Å². The summed E-state index contributed by atoms with van der Waals surface area (Å²) in [6.45, 7) is 4.42. The van der Waals surface area contributed by atoms with Crippen LogP contribution in [0.1, 0.15) is 42.0 Å². The molecule has 1 atom stereocenters. The average molecular weight is 326 g/mol. The predicted molar refractivity (Wildman–Crippen MR) is 88.0 cm³/mol. The maximum absolute atomic E-state index is 11.5. The maximum Gasteiger partial charge on any atom is 0.264 e. The number of rotatable bonds is 7. The van der Waals surface area contributed by atoms with Crippen LogP contribution in [0.2, 0.25) is 0 Å². The van der Waals surface area contributed by atoms with E-state index in [4.69, 9.17) is 14.0 Å². The number of carbonyl (C=O) groups excluding carboxylic acids is 1. The molecule has 1 aromatic heterocycles. The van der Waals surface area contributed by atoms with Gasteiger partial charge in [-0.15, -0.1) is 0 Å². The molecule has 0 saturated carbocycles. The number of fused-ring (bicyclic) bond motifs is 1. The van der Waals surface area contributed by atoms with Crippen LogP contribution in [0, 0.1) is 0 Å². The topological polar surface area (TPSA) is 74.5 Å². The molecule has 0 N–H and O–H groups in total. The zero-order chi connectivity index (χ0) is 16.9. The first-order chi connectivity index (χ1) is 11.7. The highest BCUT2D eigenvalue weighted by Gasteiger charge is 2.15. The van der Waals surface area contributed by atoms with Crippen LogP contribution >= 0.6 is 0 Å². The molecule has 1 heterocycles. The van der Waals surface area contributed by atoms with E-state index in [1.807, 2.05) is 44.2 Å². The van der Waals surface area contributed by atoms with Crippen LogP contribution < -0.4 is 4.74 Å². The standard InChI is InChI=1S/C18H18N2O4/c1-3-22-12(2)18-19-17(24-20-18)11-23-16-9-8-13-6-4-5-7-14(13)15(16)10-21/h4-10,12H,3,11H2,1-2H3. The fraction of sp³-hybridized carbons (Fsp3) is 0.278. The minimum absolute atomic E-state index is 0.0883. The van der Waals surface area contributed by atoms with Crippen molar-refractivity contribution in [2.45, 2.75) is 26.6 Å². The molecule has 3 aromatic rings. The summed E-state index contributed by atoms with van der Waals surface area (Å²) in [6.07, 6.45) is 0.562. The first-order valence-corrected chi connectivity index (χ1v) is 7.76. The first-order valence-electron chi connectivity index (χ1n) is 7.76. The molecule has 0 amide bonds. The summed E-state index contributed by atoms with van der Waals surface area (Å²) >= 11 is 0. The lowest BCUT2D eigenvalue weighted by atomic mass is 10.0. The third kappa shape index (κ3) is 3.28. The number of aromatic nitrogens is 2. The molecule has 0 fully saturated rings. The minimum Gasteiger partial charge on any atom is -0.483 e. The largest absolute Gasteiger partial charge is 0.483 e. The Hall–Kier alpha value is -2.73. The lowest BCUT2D eigenvalue weighted by molar-refractivity contribution is 0.0683. The van der Waals surface area contributed by atoms with Gasteiger partial charge in [-0.3, -0.25) is 4.79 Å². The molecule has 0 bridgehead atoms. The van der Waals surface area contributed by atoms with Gasteiger partial charge in [0, 0.05) is 6.61 Å². The predicted octanol–water partition coefficient (Wildman–Crippen LogP) is 3.71. The number of benzene rings is 2. The summed E-state index contributed by atoms with van der Waals surface area (Å²) in [7, 11) is 0. The molecule has 1 unspecified atom stereocenters. The Morgan fingerprint density at radius 1 is 1.25 bits per heavy atom. The van der Waals surface area contributed by atoms with E-state index in [1.165, 1.54) is 0 Å². The van der Waals surface area contributed by atoms with E-state index >= 15 is 0 Å². The van der Waals surface area contributed by atoms with Crippen molar-refractivity contribution in [3.63, 3.8) is 0 Å². The molecule has 24 heavy (non-hydrogen) atoms. The van der Waals surface area contributed by atoms with Gasteiger partial charge in [0.2, 0.25) is 0 Å².